The van der Waals surface area contributed by atoms with Gasteiger partial charge in [-0.2, -0.15) is 9.97 Å². The lowest BCUT2D eigenvalue weighted by molar-refractivity contribution is -0.121. The van der Waals surface area contributed by atoms with Gasteiger partial charge in [-0.1, -0.05) is 30.3 Å². The van der Waals surface area contributed by atoms with Crippen LogP contribution in [0.5, 0.6) is 6.01 Å². The van der Waals surface area contributed by atoms with Crippen molar-refractivity contribution in [1.29, 1.82) is 0 Å². The van der Waals surface area contributed by atoms with Crippen molar-refractivity contribution in [1.82, 2.24) is 25.5 Å². The molecule has 0 spiro atoms. The fourth-order valence-corrected chi connectivity index (χ4v) is 6.67. The van der Waals surface area contributed by atoms with Crippen molar-refractivity contribution in [3.63, 3.8) is 0 Å². The number of fused-ring (bicyclic) bond motifs is 2. The lowest BCUT2D eigenvalue weighted by Crippen LogP contribution is -2.40. The predicted molar refractivity (Wildman–Crippen MR) is 157 cm³/mol. The van der Waals surface area contributed by atoms with Gasteiger partial charge in [0.1, 0.15) is 12.4 Å². The Bertz CT molecular complexity index is 1420. The predicted octanol–water partition coefficient (Wildman–Crippen LogP) is 2.64. The Morgan fingerprint density at radius 3 is 2.75 bits per heavy atom. The van der Waals surface area contributed by atoms with E-state index in [0.717, 1.165) is 70.0 Å². The molecule has 40 heavy (non-hydrogen) atoms. The second-order valence-corrected chi connectivity index (χ2v) is 11.9. The van der Waals surface area contributed by atoms with Crippen LogP contribution in [0.1, 0.15) is 36.1 Å². The Balaban J connectivity index is 1.18. The molecule has 7 rings (SSSR count). The van der Waals surface area contributed by atoms with E-state index in [0.29, 0.717) is 18.7 Å². The minimum absolute atomic E-state index is 0.0155. The number of anilines is 2. The molecule has 0 bridgehead atoms. The number of hydrogen-bond acceptors (Lipinski definition) is 8. The first kappa shape index (κ1) is 25.5. The van der Waals surface area contributed by atoms with E-state index in [1.54, 1.807) is 0 Å². The normalized spacial score (nSPS) is 24.4. The molecule has 9 nitrogen and oxygen atoms in total. The molecule has 5 heterocycles. The molecule has 3 atom stereocenters. The van der Waals surface area contributed by atoms with Gasteiger partial charge in [0.05, 0.1) is 18.3 Å². The van der Waals surface area contributed by atoms with Crippen molar-refractivity contribution < 1.29 is 9.53 Å². The fraction of sp³-hybridized carbons (Fsp3) is 0.516. The van der Waals surface area contributed by atoms with Crippen LogP contribution in [-0.2, 0) is 17.8 Å². The Labute approximate surface area is 235 Å². The van der Waals surface area contributed by atoms with Crippen molar-refractivity contribution in [2.24, 2.45) is 0 Å². The van der Waals surface area contributed by atoms with E-state index in [2.05, 4.69) is 75.7 Å². The lowest BCUT2D eigenvalue weighted by Gasteiger charge is -2.33. The first-order valence-corrected chi connectivity index (χ1v) is 14.8. The molecule has 4 aliphatic rings. The summed E-state index contributed by atoms with van der Waals surface area (Å²) in [6, 6.07) is 14.1. The molecular formula is C31H39N7O2. The number of likely N-dealkylation sites (N-methyl/N-ethyl adjacent to an activating group) is 1. The average Bonchev–Trinajstić information content (AvgIpc) is 3.59. The van der Waals surface area contributed by atoms with Gasteiger partial charge in [0, 0.05) is 54.9 Å². The van der Waals surface area contributed by atoms with Gasteiger partial charge >= 0.3 is 6.01 Å². The number of hydrogen-bond donors (Lipinski definition) is 2. The topological polar surface area (TPSA) is 95.8 Å². The molecule has 3 aromatic rings. The van der Waals surface area contributed by atoms with Crippen molar-refractivity contribution in [2.75, 3.05) is 56.2 Å². The van der Waals surface area contributed by atoms with E-state index in [1.165, 1.54) is 34.0 Å². The summed E-state index contributed by atoms with van der Waals surface area (Å²) in [6.45, 7) is 7.95. The molecule has 2 N–H and O–H groups in total. The summed E-state index contributed by atoms with van der Waals surface area (Å²) < 4.78 is 6.30. The minimum atomic E-state index is -0.0155. The van der Waals surface area contributed by atoms with E-state index in [1.807, 2.05) is 0 Å². The van der Waals surface area contributed by atoms with Crippen LogP contribution in [0.3, 0.4) is 0 Å². The number of aryl methyl sites for hydroxylation is 1. The van der Waals surface area contributed by atoms with Gasteiger partial charge in [0.15, 0.2) is 0 Å². The number of carbonyl (C=O) groups excluding carboxylic acids is 1. The minimum Gasteiger partial charge on any atom is -0.462 e. The number of aromatic nitrogens is 2. The smallest absolute Gasteiger partial charge is 0.318 e. The first-order valence-electron chi connectivity index (χ1n) is 14.8. The van der Waals surface area contributed by atoms with E-state index in [4.69, 9.17) is 14.7 Å². The number of ether oxygens (including phenoxy) is 1. The van der Waals surface area contributed by atoms with Crippen molar-refractivity contribution >= 4 is 28.2 Å². The number of nitrogens with zero attached hydrogens (tertiary/aromatic N) is 5. The van der Waals surface area contributed by atoms with E-state index < -0.39 is 0 Å². The third-order valence-corrected chi connectivity index (χ3v) is 9.09. The zero-order valence-corrected chi connectivity index (χ0v) is 23.5. The van der Waals surface area contributed by atoms with Gasteiger partial charge in [-0.05, 0) is 63.2 Å². The summed E-state index contributed by atoms with van der Waals surface area (Å²) in [5.41, 5.74) is 4.81. The molecule has 2 aromatic carbocycles. The molecular weight excluding hydrogens is 502 g/mol. The number of carbonyl (C=O) groups is 1. The third-order valence-electron chi connectivity index (χ3n) is 9.09. The van der Waals surface area contributed by atoms with E-state index in [9.17, 15) is 4.79 Å². The molecule has 1 amide bonds. The number of nitrogens with one attached hydrogen (secondary N) is 2. The largest absolute Gasteiger partial charge is 0.462 e. The molecule has 3 saturated heterocycles. The zero-order valence-electron chi connectivity index (χ0n) is 23.5. The molecule has 1 unspecified atom stereocenters. The van der Waals surface area contributed by atoms with Crippen LogP contribution in [0.4, 0.5) is 11.5 Å². The summed E-state index contributed by atoms with van der Waals surface area (Å²) in [5.74, 6) is 1.09. The molecule has 9 heteroatoms. The Morgan fingerprint density at radius 2 is 1.95 bits per heavy atom. The highest BCUT2D eigenvalue weighted by atomic mass is 16.5. The SMILES string of the molecule is Cc1cccc2cccc(N3CCc4c(nc(OC[C@@H]5CCCN5C)nc4N4CC[C@@H](NC(=O)C5CN5)C4)C3)c12. The van der Waals surface area contributed by atoms with Crippen LogP contribution in [0.25, 0.3) is 10.8 Å². The standard InChI is InChI=1S/C31H39N7O2/c1-20-6-3-7-21-8-4-10-27(28(20)21)37-15-12-24-26(18-37)34-31(40-19-23-9-5-13-36(23)2)35-29(24)38-14-11-22(17-38)33-30(39)25-16-32-25/h3-4,6-8,10,22-23,25,32H,5,9,11-19H2,1-2H3,(H,33,39)/t22-,23+,25?/m1/s1. The van der Waals surface area contributed by atoms with Crippen LogP contribution in [0.2, 0.25) is 0 Å². The number of likely N-dealkylation sites (tertiary alicyclic amines) is 1. The third kappa shape index (κ3) is 4.97. The molecule has 1 aromatic heterocycles. The molecule has 4 aliphatic heterocycles. The number of rotatable bonds is 7. The van der Waals surface area contributed by atoms with E-state index in [-0.39, 0.29) is 18.0 Å². The maximum atomic E-state index is 12.4. The summed E-state index contributed by atoms with van der Waals surface area (Å²) in [5, 5.41) is 8.90. The second kappa shape index (κ2) is 10.5. The van der Waals surface area contributed by atoms with Crippen LogP contribution in [0, 0.1) is 6.92 Å². The van der Waals surface area contributed by atoms with Crippen molar-refractivity contribution in [3.8, 4) is 6.01 Å². The summed E-state index contributed by atoms with van der Waals surface area (Å²) >= 11 is 0. The van der Waals surface area contributed by atoms with Crippen LogP contribution >= 0.6 is 0 Å². The fourth-order valence-electron chi connectivity index (χ4n) is 6.67. The van der Waals surface area contributed by atoms with Crippen molar-refractivity contribution in [3.05, 3.63) is 53.2 Å². The van der Waals surface area contributed by atoms with Crippen LogP contribution in [0.15, 0.2) is 36.4 Å². The molecule has 0 radical (unpaired) electrons. The Kier molecular flexibility index (Phi) is 6.71. The van der Waals surface area contributed by atoms with Gasteiger partial charge in [0.25, 0.3) is 0 Å². The highest BCUT2D eigenvalue weighted by Gasteiger charge is 2.34. The molecule has 3 fully saturated rings. The molecule has 0 saturated carbocycles. The second-order valence-electron chi connectivity index (χ2n) is 11.9. The quantitative estimate of drug-likeness (QED) is 0.441. The number of benzene rings is 2. The van der Waals surface area contributed by atoms with E-state index >= 15 is 0 Å². The molecule has 210 valence electrons. The van der Waals surface area contributed by atoms with Gasteiger partial charge in [0.2, 0.25) is 5.91 Å². The molecule has 0 aliphatic carbocycles. The highest BCUT2D eigenvalue weighted by Crippen LogP contribution is 2.36. The van der Waals surface area contributed by atoms with Gasteiger partial charge in [-0.3, -0.25) is 4.79 Å². The number of amides is 1. The first-order chi connectivity index (χ1) is 19.5. The van der Waals surface area contributed by atoms with Crippen LogP contribution in [-0.4, -0.2) is 85.3 Å². The maximum absolute atomic E-state index is 12.4. The maximum Gasteiger partial charge on any atom is 0.318 e. The average molecular weight is 542 g/mol. The van der Waals surface area contributed by atoms with Gasteiger partial charge in [-0.15, -0.1) is 0 Å². The lowest BCUT2D eigenvalue weighted by atomic mass is 10.00. The summed E-state index contributed by atoms with van der Waals surface area (Å²) in [4.78, 5) is 29.5. The monoisotopic (exact) mass is 541 g/mol. The van der Waals surface area contributed by atoms with Gasteiger partial charge < -0.3 is 30.1 Å². The van der Waals surface area contributed by atoms with Crippen molar-refractivity contribution in [2.45, 2.75) is 57.3 Å². The highest BCUT2D eigenvalue weighted by molar-refractivity contribution is 5.97. The zero-order chi connectivity index (χ0) is 27.2. The summed E-state index contributed by atoms with van der Waals surface area (Å²) in [7, 11) is 2.17. The Hall–Kier alpha value is -3.43. The summed E-state index contributed by atoms with van der Waals surface area (Å²) in [6.07, 6.45) is 4.14. The van der Waals surface area contributed by atoms with Crippen LogP contribution < -0.4 is 25.2 Å². The Morgan fingerprint density at radius 1 is 1.10 bits per heavy atom. The van der Waals surface area contributed by atoms with Gasteiger partial charge in [-0.25, -0.2) is 0 Å².